The summed E-state index contributed by atoms with van der Waals surface area (Å²) in [4.78, 5) is 18.9. The van der Waals surface area contributed by atoms with Gasteiger partial charge in [0.2, 0.25) is 5.91 Å². The van der Waals surface area contributed by atoms with E-state index in [1.807, 2.05) is 48.4 Å². The standard InChI is InChI=1S/C17H19ClN2O2S/c1-11-8-20(9-12(2)22-11)16(21)7-13-10-23-17(19-13)14-5-3-4-6-15(14)18/h3-6,10-12H,7-9H2,1-2H3. The van der Waals surface area contributed by atoms with Gasteiger partial charge < -0.3 is 9.64 Å². The Balaban J connectivity index is 1.69. The highest BCUT2D eigenvalue weighted by Crippen LogP contribution is 2.30. The Labute approximate surface area is 145 Å². The molecule has 0 N–H and O–H groups in total. The highest BCUT2D eigenvalue weighted by atomic mass is 35.5. The number of benzene rings is 1. The lowest BCUT2D eigenvalue weighted by Gasteiger charge is -2.35. The third kappa shape index (κ3) is 3.91. The molecule has 1 amide bonds. The molecule has 6 heteroatoms. The number of thiazole rings is 1. The Morgan fingerprint density at radius 1 is 1.35 bits per heavy atom. The van der Waals surface area contributed by atoms with Crippen LogP contribution < -0.4 is 0 Å². The highest BCUT2D eigenvalue weighted by molar-refractivity contribution is 7.13. The van der Waals surface area contributed by atoms with Crippen LogP contribution in [-0.4, -0.2) is 41.1 Å². The third-order valence-electron chi connectivity index (χ3n) is 3.76. The molecule has 0 aliphatic carbocycles. The zero-order valence-electron chi connectivity index (χ0n) is 13.2. The molecule has 2 unspecified atom stereocenters. The number of carbonyl (C=O) groups is 1. The molecule has 122 valence electrons. The van der Waals surface area contributed by atoms with Crippen LogP contribution in [0.5, 0.6) is 0 Å². The van der Waals surface area contributed by atoms with Crippen LogP contribution in [0.25, 0.3) is 10.6 Å². The van der Waals surface area contributed by atoms with E-state index >= 15 is 0 Å². The summed E-state index contributed by atoms with van der Waals surface area (Å²) < 4.78 is 5.67. The fourth-order valence-corrected chi connectivity index (χ4v) is 3.93. The molecule has 0 spiro atoms. The summed E-state index contributed by atoms with van der Waals surface area (Å²) in [5, 5.41) is 3.46. The Morgan fingerprint density at radius 3 is 2.74 bits per heavy atom. The van der Waals surface area contributed by atoms with Crippen molar-refractivity contribution < 1.29 is 9.53 Å². The van der Waals surface area contributed by atoms with Crippen molar-refractivity contribution in [3.63, 3.8) is 0 Å². The summed E-state index contributed by atoms with van der Waals surface area (Å²) in [7, 11) is 0. The lowest BCUT2D eigenvalue weighted by molar-refractivity contribution is -0.142. The van der Waals surface area contributed by atoms with Crippen molar-refractivity contribution in [1.29, 1.82) is 0 Å². The molecule has 1 aliphatic heterocycles. The lowest BCUT2D eigenvalue weighted by atomic mass is 10.2. The molecule has 2 aromatic rings. The van der Waals surface area contributed by atoms with Gasteiger partial charge in [0.1, 0.15) is 5.01 Å². The summed E-state index contributed by atoms with van der Waals surface area (Å²) in [6.07, 6.45) is 0.481. The summed E-state index contributed by atoms with van der Waals surface area (Å²) in [6.45, 7) is 5.28. The predicted octanol–water partition coefficient (Wildman–Crippen LogP) is 3.64. The zero-order valence-corrected chi connectivity index (χ0v) is 14.7. The molecule has 2 atom stereocenters. The van der Waals surface area contributed by atoms with E-state index < -0.39 is 0 Å². The van der Waals surface area contributed by atoms with Gasteiger partial charge in [0, 0.05) is 24.0 Å². The van der Waals surface area contributed by atoms with Gasteiger partial charge in [0.25, 0.3) is 0 Å². The Hall–Kier alpha value is -1.43. The van der Waals surface area contributed by atoms with Crippen LogP contribution in [-0.2, 0) is 16.0 Å². The Bertz CT molecular complexity index is 693. The topological polar surface area (TPSA) is 42.4 Å². The molecule has 0 radical (unpaired) electrons. The van der Waals surface area contributed by atoms with Gasteiger partial charge in [-0.3, -0.25) is 4.79 Å². The van der Waals surface area contributed by atoms with Gasteiger partial charge in [0.15, 0.2) is 0 Å². The third-order valence-corrected chi connectivity index (χ3v) is 5.01. The first kappa shape index (κ1) is 16.4. The molecule has 1 aromatic carbocycles. The van der Waals surface area contributed by atoms with E-state index in [1.54, 1.807) is 0 Å². The molecule has 4 nitrogen and oxygen atoms in total. The maximum atomic E-state index is 12.5. The van der Waals surface area contributed by atoms with Crippen LogP contribution in [0.1, 0.15) is 19.5 Å². The molecular weight excluding hydrogens is 332 g/mol. The Morgan fingerprint density at radius 2 is 2.04 bits per heavy atom. The van der Waals surface area contributed by atoms with Gasteiger partial charge >= 0.3 is 0 Å². The van der Waals surface area contributed by atoms with Crippen LogP contribution in [0.2, 0.25) is 5.02 Å². The molecule has 3 rings (SSSR count). The van der Waals surface area contributed by atoms with Crippen molar-refractivity contribution >= 4 is 28.8 Å². The van der Waals surface area contributed by atoms with Crippen molar-refractivity contribution in [2.75, 3.05) is 13.1 Å². The van der Waals surface area contributed by atoms with Crippen LogP contribution in [0.3, 0.4) is 0 Å². The lowest BCUT2D eigenvalue weighted by Crippen LogP contribution is -2.48. The van der Waals surface area contributed by atoms with Gasteiger partial charge in [-0.15, -0.1) is 11.3 Å². The second-order valence-electron chi connectivity index (χ2n) is 5.86. The molecule has 0 bridgehead atoms. The van der Waals surface area contributed by atoms with Crippen LogP contribution in [0.4, 0.5) is 0 Å². The fourth-order valence-electron chi connectivity index (χ4n) is 2.79. The largest absolute Gasteiger partial charge is 0.372 e. The first-order valence-electron chi connectivity index (χ1n) is 7.65. The first-order chi connectivity index (χ1) is 11.0. The summed E-state index contributed by atoms with van der Waals surface area (Å²) in [5.74, 6) is 0.100. The zero-order chi connectivity index (χ0) is 16.4. The second kappa shape index (κ2) is 6.99. The maximum absolute atomic E-state index is 12.5. The van der Waals surface area contributed by atoms with E-state index in [9.17, 15) is 4.79 Å². The van der Waals surface area contributed by atoms with Gasteiger partial charge in [-0.25, -0.2) is 4.98 Å². The minimum atomic E-state index is 0.0804. The van der Waals surface area contributed by atoms with E-state index in [0.29, 0.717) is 24.5 Å². The maximum Gasteiger partial charge on any atom is 0.228 e. The van der Waals surface area contributed by atoms with Crippen molar-refractivity contribution in [2.24, 2.45) is 0 Å². The van der Waals surface area contributed by atoms with Crippen LogP contribution in [0.15, 0.2) is 29.6 Å². The number of carbonyl (C=O) groups excluding carboxylic acids is 1. The first-order valence-corrected chi connectivity index (χ1v) is 8.91. The van der Waals surface area contributed by atoms with Crippen molar-refractivity contribution in [2.45, 2.75) is 32.5 Å². The SMILES string of the molecule is CC1CN(C(=O)Cc2csc(-c3ccccc3Cl)n2)CC(C)O1. The number of hydrogen-bond acceptors (Lipinski definition) is 4. The van der Waals surface area contributed by atoms with E-state index in [-0.39, 0.29) is 18.1 Å². The molecule has 2 heterocycles. The van der Waals surface area contributed by atoms with Crippen molar-refractivity contribution in [1.82, 2.24) is 9.88 Å². The van der Waals surface area contributed by atoms with Crippen LogP contribution in [0, 0.1) is 0 Å². The normalized spacial score (nSPS) is 21.4. The smallest absolute Gasteiger partial charge is 0.228 e. The van der Waals surface area contributed by atoms with Gasteiger partial charge in [0.05, 0.1) is 29.3 Å². The number of halogens is 1. The van der Waals surface area contributed by atoms with Gasteiger partial charge in [-0.2, -0.15) is 0 Å². The minimum Gasteiger partial charge on any atom is -0.372 e. The van der Waals surface area contributed by atoms with Crippen molar-refractivity contribution in [3.05, 3.63) is 40.4 Å². The van der Waals surface area contributed by atoms with Gasteiger partial charge in [-0.05, 0) is 19.9 Å². The van der Waals surface area contributed by atoms with E-state index in [1.165, 1.54) is 11.3 Å². The number of hydrogen-bond donors (Lipinski definition) is 0. The number of morpholine rings is 1. The second-order valence-corrected chi connectivity index (χ2v) is 7.12. The molecule has 1 aliphatic rings. The van der Waals surface area contributed by atoms with Crippen LogP contribution >= 0.6 is 22.9 Å². The number of ether oxygens (including phenoxy) is 1. The molecule has 1 aromatic heterocycles. The van der Waals surface area contributed by atoms with E-state index in [4.69, 9.17) is 16.3 Å². The molecule has 0 saturated carbocycles. The Kier molecular flexibility index (Phi) is 4.99. The predicted molar refractivity (Wildman–Crippen MR) is 92.9 cm³/mol. The highest BCUT2D eigenvalue weighted by Gasteiger charge is 2.26. The average Bonchev–Trinajstić information content (AvgIpc) is 2.95. The summed E-state index contributed by atoms with van der Waals surface area (Å²) >= 11 is 7.72. The van der Waals surface area contributed by atoms with Gasteiger partial charge in [-0.1, -0.05) is 29.8 Å². The molecule has 1 saturated heterocycles. The van der Waals surface area contributed by atoms with E-state index in [2.05, 4.69) is 4.98 Å². The quantitative estimate of drug-likeness (QED) is 0.848. The summed E-state index contributed by atoms with van der Waals surface area (Å²) in [5.41, 5.74) is 1.70. The monoisotopic (exact) mass is 350 g/mol. The average molecular weight is 351 g/mol. The minimum absolute atomic E-state index is 0.0804. The fraction of sp³-hybridized carbons (Fsp3) is 0.412. The molecule has 1 fully saturated rings. The number of nitrogens with zero attached hydrogens (tertiary/aromatic N) is 2. The molecule has 23 heavy (non-hydrogen) atoms. The number of amides is 1. The van der Waals surface area contributed by atoms with E-state index in [0.717, 1.165) is 16.3 Å². The van der Waals surface area contributed by atoms with Crippen molar-refractivity contribution in [3.8, 4) is 10.6 Å². The molecular formula is C17H19ClN2O2S. The summed E-state index contributed by atoms with van der Waals surface area (Å²) in [6, 6.07) is 7.62. The number of rotatable bonds is 3. The number of aromatic nitrogens is 1.